The van der Waals surface area contributed by atoms with Gasteiger partial charge in [0, 0.05) is 31.9 Å². The number of nitrogens with zero attached hydrogens (tertiary/aromatic N) is 2. The van der Waals surface area contributed by atoms with E-state index in [1.165, 1.54) is 6.07 Å². The number of halogens is 2. The molecule has 1 heterocycles. The number of hydrogen-bond donors (Lipinski definition) is 1. The maximum atomic E-state index is 13.0. The standard InChI is InChI=1S/C13H17ClFN3/c1-10(18-7-5-17(2)6-8-18)16-11-3-4-13(15)12(14)9-11/h3-4,9,16H,1,5-8H2,2H3. The maximum absolute atomic E-state index is 13.0. The van der Waals surface area contributed by atoms with Crippen LogP contribution in [0.1, 0.15) is 0 Å². The topological polar surface area (TPSA) is 18.5 Å². The van der Waals surface area contributed by atoms with Gasteiger partial charge in [0.05, 0.1) is 10.8 Å². The van der Waals surface area contributed by atoms with E-state index in [-0.39, 0.29) is 5.02 Å². The third kappa shape index (κ3) is 3.15. The average molecular weight is 270 g/mol. The van der Waals surface area contributed by atoms with Crippen molar-refractivity contribution in [3.8, 4) is 0 Å². The van der Waals surface area contributed by atoms with Crippen molar-refractivity contribution in [1.82, 2.24) is 9.80 Å². The quantitative estimate of drug-likeness (QED) is 0.910. The smallest absolute Gasteiger partial charge is 0.141 e. The van der Waals surface area contributed by atoms with Gasteiger partial charge in [0.15, 0.2) is 0 Å². The highest BCUT2D eigenvalue weighted by atomic mass is 35.5. The summed E-state index contributed by atoms with van der Waals surface area (Å²) in [6, 6.07) is 4.57. The molecule has 0 spiro atoms. The molecule has 0 aromatic heterocycles. The van der Waals surface area contributed by atoms with Crippen LogP contribution < -0.4 is 5.32 Å². The summed E-state index contributed by atoms with van der Waals surface area (Å²) >= 11 is 5.74. The van der Waals surface area contributed by atoms with E-state index < -0.39 is 5.82 Å². The molecule has 2 rings (SSSR count). The van der Waals surface area contributed by atoms with Crippen molar-refractivity contribution >= 4 is 17.3 Å². The monoisotopic (exact) mass is 269 g/mol. The van der Waals surface area contributed by atoms with E-state index in [1.807, 2.05) is 0 Å². The van der Waals surface area contributed by atoms with Gasteiger partial charge in [0.1, 0.15) is 5.82 Å². The van der Waals surface area contributed by atoms with Crippen LogP contribution in [0.15, 0.2) is 30.6 Å². The van der Waals surface area contributed by atoms with Gasteiger partial charge in [-0.1, -0.05) is 18.2 Å². The summed E-state index contributed by atoms with van der Waals surface area (Å²) in [6.45, 7) is 7.93. The first-order valence-corrected chi connectivity index (χ1v) is 6.28. The van der Waals surface area contributed by atoms with Crippen LogP contribution in [0.5, 0.6) is 0 Å². The van der Waals surface area contributed by atoms with Crippen LogP contribution in [0, 0.1) is 5.82 Å². The zero-order chi connectivity index (χ0) is 13.1. The molecule has 0 atom stereocenters. The molecule has 1 aromatic carbocycles. The molecule has 5 heteroatoms. The van der Waals surface area contributed by atoms with Crippen LogP contribution in [0.25, 0.3) is 0 Å². The number of rotatable bonds is 3. The van der Waals surface area contributed by atoms with E-state index in [0.717, 1.165) is 37.7 Å². The van der Waals surface area contributed by atoms with Gasteiger partial charge >= 0.3 is 0 Å². The summed E-state index contributed by atoms with van der Waals surface area (Å²) in [7, 11) is 2.10. The Balaban J connectivity index is 1.96. The Bertz CT molecular complexity index is 442. The van der Waals surface area contributed by atoms with Gasteiger partial charge in [-0.2, -0.15) is 0 Å². The number of anilines is 1. The van der Waals surface area contributed by atoms with Gasteiger partial charge in [-0.25, -0.2) is 4.39 Å². The van der Waals surface area contributed by atoms with Crippen LogP contribution in [-0.2, 0) is 0 Å². The Labute approximate surface area is 112 Å². The molecule has 0 aliphatic carbocycles. The van der Waals surface area contributed by atoms with Gasteiger partial charge < -0.3 is 15.1 Å². The van der Waals surface area contributed by atoms with Crippen molar-refractivity contribution < 1.29 is 4.39 Å². The zero-order valence-electron chi connectivity index (χ0n) is 10.4. The Morgan fingerprint density at radius 1 is 1.33 bits per heavy atom. The second-order valence-electron chi connectivity index (χ2n) is 4.49. The molecule has 18 heavy (non-hydrogen) atoms. The van der Waals surface area contributed by atoms with Crippen LogP contribution in [0.2, 0.25) is 5.02 Å². The molecule has 1 fully saturated rings. The van der Waals surface area contributed by atoms with Gasteiger partial charge in [-0.15, -0.1) is 0 Å². The predicted octanol–water partition coefficient (Wildman–Crippen LogP) is 2.61. The second kappa shape index (κ2) is 5.59. The van der Waals surface area contributed by atoms with E-state index in [9.17, 15) is 4.39 Å². The van der Waals surface area contributed by atoms with Crippen molar-refractivity contribution in [3.05, 3.63) is 41.4 Å². The lowest BCUT2D eigenvalue weighted by Gasteiger charge is -2.35. The third-order valence-corrected chi connectivity index (χ3v) is 3.38. The fraction of sp³-hybridized carbons (Fsp3) is 0.385. The largest absolute Gasteiger partial charge is 0.356 e. The van der Waals surface area contributed by atoms with Crippen LogP contribution in [0.3, 0.4) is 0 Å². The third-order valence-electron chi connectivity index (χ3n) is 3.09. The van der Waals surface area contributed by atoms with E-state index >= 15 is 0 Å². The van der Waals surface area contributed by atoms with Crippen molar-refractivity contribution in [1.29, 1.82) is 0 Å². The molecule has 0 bridgehead atoms. The Kier molecular flexibility index (Phi) is 4.09. The molecule has 98 valence electrons. The number of benzene rings is 1. The number of nitrogens with one attached hydrogen (secondary N) is 1. The van der Waals surface area contributed by atoms with Crippen LogP contribution >= 0.6 is 11.6 Å². The van der Waals surface area contributed by atoms with Crippen molar-refractivity contribution in [2.45, 2.75) is 0 Å². The summed E-state index contributed by atoms with van der Waals surface area (Å²) < 4.78 is 13.0. The second-order valence-corrected chi connectivity index (χ2v) is 4.90. The first-order chi connectivity index (χ1) is 8.56. The van der Waals surface area contributed by atoms with Crippen LogP contribution in [0.4, 0.5) is 10.1 Å². The number of hydrogen-bond acceptors (Lipinski definition) is 3. The highest BCUT2D eigenvalue weighted by molar-refractivity contribution is 6.31. The molecule has 3 nitrogen and oxygen atoms in total. The fourth-order valence-corrected chi connectivity index (χ4v) is 2.08. The average Bonchev–Trinajstić information content (AvgIpc) is 2.34. The molecule has 0 saturated carbocycles. The molecule has 0 unspecified atom stereocenters. The van der Waals surface area contributed by atoms with Crippen LogP contribution in [-0.4, -0.2) is 43.0 Å². The fourth-order valence-electron chi connectivity index (χ4n) is 1.90. The van der Waals surface area contributed by atoms with E-state index in [1.54, 1.807) is 12.1 Å². The Morgan fingerprint density at radius 2 is 2.00 bits per heavy atom. The van der Waals surface area contributed by atoms with E-state index in [2.05, 4.69) is 28.7 Å². The summed E-state index contributed by atoms with van der Waals surface area (Å²) in [5.41, 5.74) is 0.755. The van der Waals surface area contributed by atoms with E-state index in [4.69, 9.17) is 11.6 Å². The van der Waals surface area contributed by atoms with Gasteiger partial charge in [-0.05, 0) is 25.2 Å². The van der Waals surface area contributed by atoms with Crippen molar-refractivity contribution in [2.24, 2.45) is 0 Å². The molecular formula is C13H17ClFN3. The summed E-state index contributed by atoms with van der Waals surface area (Å²) in [4.78, 5) is 4.45. The lowest BCUT2D eigenvalue weighted by molar-refractivity contribution is 0.188. The summed E-state index contributed by atoms with van der Waals surface area (Å²) in [5, 5.41) is 3.27. The zero-order valence-corrected chi connectivity index (χ0v) is 11.2. The van der Waals surface area contributed by atoms with E-state index in [0.29, 0.717) is 0 Å². The Hall–Kier alpha value is -1.26. The molecule has 1 aliphatic rings. The minimum Gasteiger partial charge on any atom is -0.356 e. The number of likely N-dealkylation sites (N-methyl/N-ethyl adjacent to an activating group) is 1. The lowest BCUT2D eigenvalue weighted by Crippen LogP contribution is -2.44. The minimum atomic E-state index is -0.410. The highest BCUT2D eigenvalue weighted by Crippen LogP contribution is 2.21. The minimum absolute atomic E-state index is 0.117. The van der Waals surface area contributed by atoms with Gasteiger partial charge in [-0.3, -0.25) is 0 Å². The molecular weight excluding hydrogens is 253 g/mol. The molecule has 1 aromatic rings. The molecule has 0 radical (unpaired) electrons. The first kappa shape index (κ1) is 13.2. The lowest BCUT2D eigenvalue weighted by atomic mass is 10.3. The SMILES string of the molecule is C=C(Nc1ccc(F)c(Cl)c1)N1CCN(C)CC1. The molecule has 0 amide bonds. The highest BCUT2D eigenvalue weighted by Gasteiger charge is 2.15. The van der Waals surface area contributed by atoms with Crippen molar-refractivity contribution in [2.75, 3.05) is 38.5 Å². The summed E-state index contributed by atoms with van der Waals surface area (Å²) in [6.07, 6.45) is 0. The van der Waals surface area contributed by atoms with Gasteiger partial charge in [0.25, 0.3) is 0 Å². The summed E-state index contributed by atoms with van der Waals surface area (Å²) in [5.74, 6) is 0.415. The first-order valence-electron chi connectivity index (χ1n) is 5.91. The molecule has 1 saturated heterocycles. The predicted molar refractivity (Wildman–Crippen MR) is 73.2 cm³/mol. The number of piperazine rings is 1. The normalized spacial score (nSPS) is 16.7. The maximum Gasteiger partial charge on any atom is 0.141 e. The van der Waals surface area contributed by atoms with Crippen molar-refractivity contribution in [3.63, 3.8) is 0 Å². The molecule has 1 N–H and O–H groups in total. The molecule has 1 aliphatic heterocycles. The van der Waals surface area contributed by atoms with Gasteiger partial charge in [0.2, 0.25) is 0 Å². The Morgan fingerprint density at radius 3 is 2.61 bits per heavy atom.